The molecule has 1 aromatic carbocycles. The second-order valence-electron chi connectivity index (χ2n) is 3.78. The van der Waals surface area contributed by atoms with Crippen LogP contribution in [0.2, 0.25) is 0 Å². The van der Waals surface area contributed by atoms with Crippen LogP contribution in [0.4, 0.5) is 5.69 Å². The standard InChI is InChI=1S/C12H6BrIN4O3/c13-3-8-5-16-12(17-6-8)21-11-9(14)1-7(4-15)2-10(11)18(19)20/h1-2,5-6H,3H2. The van der Waals surface area contributed by atoms with Gasteiger partial charge in [-0.3, -0.25) is 10.1 Å². The topological polar surface area (TPSA) is 102 Å². The zero-order chi connectivity index (χ0) is 15.4. The summed E-state index contributed by atoms with van der Waals surface area (Å²) in [6, 6.07) is 4.53. The van der Waals surface area contributed by atoms with E-state index in [4.69, 9.17) is 10.00 Å². The van der Waals surface area contributed by atoms with E-state index in [9.17, 15) is 10.1 Å². The SMILES string of the molecule is N#Cc1cc(I)c(Oc2ncc(CBr)cn2)c([N+](=O)[O-])c1. The van der Waals surface area contributed by atoms with E-state index in [2.05, 4.69) is 25.9 Å². The molecule has 0 aliphatic rings. The highest BCUT2D eigenvalue weighted by Crippen LogP contribution is 2.35. The second kappa shape index (κ2) is 6.77. The molecular weight excluding hydrogens is 455 g/mol. The summed E-state index contributed by atoms with van der Waals surface area (Å²) < 4.78 is 5.84. The van der Waals surface area contributed by atoms with E-state index in [1.165, 1.54) is 6.07 Å². The molecule has 0 atom stereocenters. The molecule has 2 aromatic rings. The average Bonchev–Trinajstić information content (AvgIpc) is 2.49. The Balaban J connectivity index is 2.43. The minimum atomic E-state index is -0.606. The van der Waals surface area contributed by atoms with Gasteiger partial charge in [-0.15, -0.1) is 0 Å². The molecule has 21 heavy (non-hydrogen) atoms. The lowest BCUT2D eigenvalue weighted by atomic mass is 10.2. The number of nitriles is 1. The molecule has 0 saturated carbocycles. The molecule has 0 saturated heterocycles. The summed E-state index contributed by atoms with van der Waals surface area (Å²) in [7, 11) is 0. The summed E-state index contributed by atoms with van der Waals surface area (Å²) >= 11 is 5.13. The molecule has 2 rings (SSSR count). The molecule has 0 amide bonds. The maximum Gasteiger partial charge on any atom is 0.322 e. The van der Waals surface area contributed by atoms with Crippen molar-refractivity contribution in [3.8, 4) is 17.8 Å². The Bertz CT molecular complexity index is 731. The van der Waals surface area contributed by atoms with Gasteiger partial charge >= 0.3 is 11.7 Å². The first-order valence-electron chi connectivity index (χ1n) is 5.48. The van der Waals surface area contributed by atoms with Crippen LogP contribution < -0.4 is 4.74 Å². The number of hydrogen-bond donors (Lipinski definition) is 0. The quantitative estimate of drug-likeness (QED) is 0.299. The molecule has 1 aromatic heterocycles. The molecule has 0 aliphatic heterocycles. The van der Waals surface area contributed by atoms with Crippen molar-refractivity contribution in [2.75, 3.05) is 0 Å². The minimum Gasteiger partial charge on any atom is -0.416 e. The molecule has 0 N–H and O–H groups in total. The lowest BCUT2D eigenvalue weighted by Gasteiger charge is -2.07. The smallest absolute Gasteiger partial charge is 0.322 e. The predicted octanol–water partition coefficient (Wildman–Crippen LogP) is 3.55. The van der Waals surface area contributed by atoms with E-state index in [-0.39, 0.29) is 23.0 Å². The molecule has 1 heterocycles. The number of nitro groups is 1. The summed E-state index contributed by atoms with van der Waals surface area (Å²) in [6.45, 7) is 0. The van der Waals surface area contributed by atoms with Crippen molar-refractivity contribution in [1.82, 2.24) is 9.97 Å². The van der Waals surface area contributed by atoms with Crippen molar-refractivity contribution in [2.45, 2.75) is 5.33 Å². The van der Waals surface area contributed by atoms with E-state index in [0.717, 1.165) is 11.6 Å². The zero-order valence-corrected chi connectivity index (χ0v) is 14.0. The monoisotopic (exact) mass is 460 g/mol. The first-order chi connectivity index (χ1) is 10.0. The normalized spacial score (nSPS) is 9.95. The van der Waals surface area contributed by atoms with Crippen LogP contribution in [-0.4, -0.2) is 14.9 Å². The summed E-state index contributed by atoms with van der Waals surface area (Å²) in [5, 5.41) is 20.6. The number of rotatable bonds is 4. The second-order valence-corrected chi connectivity index (χ2v) is 5.51. The van der Waals surface area contributed by atoms with E-state index in [0.29, 0.717) is 8.90 Å². The molecule has 106 valence electrons. The summed E-state index contributed by atoms with van der Waals surface area (Å²) in [5.41, 5.74) is 0.743. The molecule has 0 bridgehead atoms. The highest BCUT2D eigenvalue weighted by atomic mass is 127. The zero-order valence-electron chi connectivity index (χ0n) is 10.3. The van der Waals surface area contributed by atoms with Crippen LogP contribution in [0.15, 0.2) is 24.5 Å². The average molecular weight is 461 g/mol. The van der Waals surface area contributed by atoms with E-state index in [1.807, 2.05) is 28.7 Å². The van der Waals surface area contributed by atoms with Crippen LogP contribution >= 0.6 is 38.5 Å². The largest absolute Gasteiger partial charge is 0.416 e. The van der Waals surface area contributed by atoms with Crippen molar-refractivity contribution in [1.29, 1.82) is 5.26 Å². The molecule has 0 spiro atoms. The Morgan fingerprint density at radius 1 is 1.43 bits per heavy atom. The number of nitrogens with zero attached hydrogens (tertiary/aromatic N) is 4. The van der Waals surface area contributed by atoms with Crippen LogP contribution in [0.5, 0.6) is 11.8 Å². The fourth-order valence-electron chi connectivity index (χ4n) is 1.44. The van der Waals surface area contributed by atoms with Gasteiger partial charge in [-0.1, -0.05) is 15.9 Å². The Kier molecular flexibility index (Phi) is 5.03. The third kappa shape index (κ3) is 3.64. The first-order valence-corrected chi connectivity index (χ1v) is 7.68. The fourth-order valence-corrected chi connectivity index (χ4v) is 2.45. The van der Waals surface area contributed by atoms with E-state index in [1.54, 1.807) is 12.4 Å². The molecule has 7 nitrogen and oxygen atoms in total. The Hall–Kier alpha value is -1.80. The van der Waals surface area contributed by atoms with Crippen molar-refractivity contribution < 1.29 is 9.66 Å². The summed E-state index contributed by atoms with van der Waals surface area (Å²) in [6.07, 6.45) is 3.11. The van der Waals surface area contributed by atoms with Crippen LogP contribution in [0.25, 0.3) is 0 Å². The van der Waals surface area contributed by atoms with Crippen LogP contribution in [0, 0.1) is 25.0 Å². The third-order valence-electron chi connectivity index (χ3n) is 2.38. The van der Waals surface area contributed by atoms with Crippen LogP contribution in [0.1, 0.15) is 11.1 Å². The van der Waals surface area contributed by atoms with Crippen LogP contribution in [0.3, 0.4) is 0 Å². The van der Waals surface area contributed by atoms with E-state index < -0.39 is 4.92 Å². The van der Waals surface area contributed by atoms with Gasteiger partial charge in [-0.25, -0.2) is 9.97 Å². The number of ether oxygens (including phenoxy) is 1. The molecular formula is C12H6BrIN4O3. The van der Waals surface area contributed by atoms with Gasteiger partial charge in [0.15, 0.2) is 0 Å². The van der Waals surface area contributed by atoms with Crippen LogP contribution in [-0.2, 0) is 5.33 Å². The number of nitro benzene ring substituents is 1. The van der Waals surface area contributed by atoms with Gasteiger partial charge in [-0.05, 0) is 34.2 Å². The number of benzene rings is 1. The summed E-state index contributed by atoms with van der Waals surface area (Å²) in [4.78, 5) is 18.4. The Morgan fingerprint density at radius 2 is 2.10 bits per heavy atom. The molecule has 0 aliphatic carbocycles. The maximum atomic E-state index is 11.1. The van der Waals surface area contributed by atoms with Gasteiger partial charge in [0.25, 0.3) is 0 Å². The fraction of sp³-hybridized carbons (Fsp3) is 0.0833. The number of halogens is 2. The number of aromatic nitrogens is 2. The van der Waals surface area contributed by atoms with E-state index >= 15 is 0 Å². The Morgan fingerprint density at radius 3 is 2.62 bits per heavy atom. The minimum absolute atomic E-state index is 0.00502. The van der Waals surface area contributed by atoms with Gasteiger partial charge in [0.2, 0.25) is 5.75 Å². The van der Waals surface area contributed by atoms with Crippen molar-refractivity contribution >= 4 is 44.2 Å². The molecule has 9 heteroatoms. The molecule has 0 unspecified atom stereocenters. The third-order valence-corrected chi connectivity index (χ3v) is 3.83. The van der Waals surface area contributed by atoms with Gasteiger partial charge in [-0.2, -0.15) is 5.26 Å². The van der Waals surface area contributed by atoms with Crippen molar-refractivity contribution in [2.24, 2.45) is 0 Å². The predicted molar refractivity (Wildman–Crippen MR) is 85.3 cm³/mol. The highest BCUT2D eigenvalue weighted by molar-refractivity contribution is 14.1. The first kappa shape index (κ1) is 15.6. The summed E-state index contributed by atoms with van der Waals surface area (Å²) in [5.74, 6) is 0.0196. The van der Waals surface area contributed by atoms with Gasteiger partial charge in [0, 0.05) is 23.8 Å². The lowest BCUT2D eigenvalue weighted by molar-refractivity contribution is -0.385. The number of hydrogen-bond acceptors (Lipinski definition) is 6. The van der Waals surface area contributed by atoms with Crippen molar-refractivity contribution in [3.63, 3.8) is 0 Å². The number of alkyl halides is 1. The van der Waals surface area contributed by atoms with Gasteiger partial charge < -0.3 is 4.74 Å². The lowest BCUT2D eigenvalue weighted by Crippen LogP contribution is -1.99. The molecule has 0 radical (unpaired) electrons. The van der Waals surface area contributed by atoms with Gasteiger partial charge in [0.1, 0.15) is 0 Å². The molecule has 0 fully saturated rings. The maximum absolute atomic E-state index is 11.1. The Labute approximate surface area is 141 Å². The highest BCUT2D eigenvalue weighted by Gasteiger charge is 2.22. The van der Waals surface area contributed by atoms with Crippen molar-refractivity contribution in [3.05, 3.63) is 49.3 Å². The van der Waals surface area contributed by atoms with Gasteiger partial charge in [0.05, 0.1) is 20.1 Å².